The normalized spacial score (nSPS) is 10.5. The summed E-state index contributed by atoms with van der Waals surface area (Å²) in [7, 11) is 0. The van der Waals surface area contributed by atoms with Crippen molar-refractivity contribution >= 4 is 29.2 Å². The second-order valence-electron chi connectivity index (χ2n) is 2.86. The molecule has 0 radical (unpaired) electrons. The summed E-state index contributed by atoms with van der Waals surface area (Å²) in [5.41, 5.74) is -0.193. The number of carbonyl (C=O) groups is 1. The zero-order chi connectivity index (χ0) is 13.0. The number of benzene rings is 1. The topological polar surface area (TPSA) is 35.5 Å². The van der Waals surface area contributed by atoms with E-state index in [1.54, 1.807) is 6.92 Å². The average Bonchev–Trinajstić information content (AvgIpc) is 2.22. The van der Waals surface area contributed by atoms with Crippen molar-refractivity contribution in [2.75, 3.05) is 6.61 Å². The van der Waals surface area contributed by atoms with E-state index in [-0.39, 0.29) is 28.0 Å². The average molecular weight is 285 g/mol. The molecule has 0 heterocycles. The summed E-state index contributed by atoms with van der Waals surface area (Å²) in [6, 6.07) is 2.17. The maximum absolute atomic E-state index is 12.1. The summed E-state index contributed by atoms with van der Waals surface area (Å²) in [4.78, 5) is 11.5. The van der Waals surface area contributed by atoms with Gasteiger partial charge in [-0.25, -0.2) is 4.79 Å². The fourth-order valence-electron chi connectivity index (χ4n) is 1.09. The van der Waals surface area contributed by atoms with Crippen LogP contribution in [0.15, 0.2) is 12.1 Å². The third kappa shape index (κ3) is 3.71. The van der Waals surface area contributed by atoms with Crippen molar-refractivity contribution in [3.8, 4) is 5.75 Å². The van der Waals surface area contributed by atoms with Gasteiger partial charge in [0.1, 0.15) is 11.3 Å². The first kappa shape index (κ1) is 14.0. The summed E-state index contributed by atoms with van der Waals surface area (Å²) in [6.45, 7) is -1.38. The van der Waals surface area contributed by atoms with Gasteiger partial charge in [0.2, 0.25) is 0 Å². The Hall–Kier alpha value is -1.07. The summed E-state index contributed by atoms with van der Waals surface area (Å²) < 4.78 is 33.1. The molecular formula is C10H8Cl2F2O3. The van der Waals surface area contributed by atoms with Gasteiger partial charge >= 0.3 is 12.6 Å². The number of alkyl halides is 2. The van der Waals surface area contributed by atoms with E-state index in [1.807, 2.05) is 0 Å². The van der Waals surface area contributed by atoms with Crippen LogP contribution in [0.25, 0.3) is 0 Å². The Balaban J connectivity index is 3.15. The standard InChI is InChI=1S/C10H8Cl2F2O3/c1-2-16-9(15)5-3-6(11)7(12)4-8(5)17-10(13)14/h3-4,10H,2H2,1H3. The molecule has 0 aliphatic rings. The van der Waals surface area contributed by atoms with Crippen molar-refractivity contribution in [1.29, 1.82) is 0 Å². The molecule has 0 spiro atoms. The molecule has 0 aromatic heterocycles. The summed E-state index contributed by atoms with van der Waals surface area (Å²) in [5.74, 6) is -1.17. The van der Waals surface area contributed by atoms with Gasteiger partial charge in [0, 0.05) is 6.07 Å². The van der Waals surface area contributed by atoms with Crippen LogP contribution in [0.4, 0.5) is 8.78 Å². The Kier molecular flexibility index (Phi) is 4.96. The Morgan fingerprint density at radius 1 is 1.35 bits per heavy atom. The molecule has 17 heavy (non-hydrogen) atoms. The van der Waals surface area contributed by atoms with E-state index in [2.05, 4.69) is 9.47 Å². The van der Waals surface area contributed by atoms with E-state index in [9.17, 15) is 13.6 Å². The molecule has 0 saturated carbocycles. The van der Waals surface area contributed by atoms with Crippen LogP contribution in [0.1, 0.15) is 17.3 Å². The monoisotopic (exact) mass is 284 g/mol. The molecule has 0 atom stereocenters. The van der Waals surface area contributed by atoms with Crippen LogP contribution >= 0.6 is 23.2 Å². The van der Waals surface area contributed by atoms with E-state index >= 15 is 0 Å². The van der Waals surface area contributed by atoms with Gasteiger partial charge in [-0.05, 0) is 13.0 Å². The van der Waals surface area contributed by atoms with Crippen LogP contribution in [-0.2, 0) is 4.74 Å². The largest absolute Gasteiger partial charge is 0.462 e. The van der Waals surface area contributed by atoms with Crippen LogP contribution < -0.4 is 4.74 Å². The molecule has 0 amide bonds. The predicted octanol–water partition coefficient (Wildman–Crippen LogP) is 3.77. The van der Waals surface area contributed by atoms with Crippen molar-refractivity contribution in [3.63, 3.8) is 0 Å². The molecule has 7 heteroatoms. The van der Waals surface area contributed by atoms with Gasteiger partial charge in [-0.1, -0.05) is 23.2 Å². The zero-order valence-corrected chi connectivity index (χ0v) is 10.2. The van der Waals surface area contributed by atoms with E-state index in [4.69, 9.17) is 23.2 Å². The molecule has 1 aromatic carbocycles. The highest BCUT2D eigenvalue weighted by Crippen LogP contribution is 2.32. The van der Waals surface area contributed by atoms with Gasteiger partial charge in [0.25, 0.3) is 0 Å². The molecule has 0 N–H and O–H groups in total. The summed E-state index contributed by atoms with van der Waals surface area (Å²) in [5, 5.41) is 0.0618. The molecule has 0 bridgehead atoms. The van der Waals surface area contributed by atoms with Crippen LogP contribution in [0, 0.1) is 0 Å². The quantitative estimate of drug-likeness (QED) is 0.790. The Morgan fingerprint density at radius 2 is 1.94 bits per heavy atom. The predicted molar refractivity (Wildman–Crippen MR) is 59.1 cm³/mol. The van der Waals surface area contributed by atoms with Crippen LogP contribution in [0.3, 0.4) is 0 Å². The highest BCUT2D eigenvalue weighted by molar-refractivity contribution is 6.42. The van der Waals surface area contributed by atoms with Crippen molar-refractivity contribution in [2.45, 2.75) is 13.5 Å². The molecule has 0 aliphatic heterocycles. The van der Waals surface area contributed by atoms with Crippen molar-refractivity contribution in [3.05, 3.63) is 27.7 Å². The first-order valence-electron chi connectivity index (χ1n) is 4.56. The second-order valence-corrected chi connectivity index (χ2v) is 3.68. The zero-order valence-electron chi connectivity index (χ0n) is 8.68. The van der Waals surface area contributed by atoms with E-state index in [0.717, 1.165) is 12.1 Å². The molecular weight excluding hydrogens is 277 g/mol. The fraction of sp³-hybridized carbons (Fsp3) is 0.300. The maximum atomic E-state index is 12.1. The Labute approximate surface area is 106 Å². The molecule has 1 aromatic rings. The van der Waals surface area contributed by atoms with Crippen molar-refractivity contribution < 1.29 is 23.0 Å². The van der Waals surface area contributed by atoms with Crippen LogP contribution in [-0.4, -0.2) is 19.2 Å². The highest BCUT2D eigenvalue weighted by Gasteiger charge is 2.19. The molecule has 1 rings (SSSR count). The summed E-state index contributed by atoms with van der Waals surface area (Å²) in [6.07, 6.45) is 0. The number of carbonyl (C=O) groups excluding carboxylic acids is 1. The van der Waals surface area contributed by atoms with Crippen LogP contribution in [0.2, 0.25) is 10.0 Å². The molecule has 0 unspecified atom stereocenters. The maximum Gasteiger partial charge on any atom is 0.387 e. The first-order valence-corrected chi connectivity index (χ1v) is 5.32. The van der Waals surface area contributed by atoms with Gasteiger partial charge in [-0.15, -0.1) is 0 Å². The first-order chi connectivity index (χ1) is 7.95. The molecule has 0 fully saturated rings. The Morgan fingerprint density at radius 3 is 2.47 bits per heavy atom. The lowest BCUT2D eigenvalue weighted by Gasteiger charge is -2.11. The van der Waals surface area contributed by atoms with E-state index < -0.39 is 12.6 Å². The molecule has 0 aliphatic carbocycles. The van der Waals surface area contributed by atoms with Gasteiger partial charge in [-0.2, -0.15) is 8.78 Å². The minimum absolute atomic E-state index is 0.00960. The number of hydrogen-bond donors (Lipinski definition) is 0. The smallest absolute Gasteiger partial charge is 0.387 e. The fourth-order valence-corrected chi connectivity index (χ4v) is 1.41. The minimum atomic E-state index is -3.07. The third-order valence-electron chi connectivity index (χ3n) is 1.73. The van der Waals surface area contributed by atoms with Gasteiger partial charge in [0.15, 0.2) is 0 Å². The van der Waals surface area contributed by atoms with Gasteiger partial charge in [-0.3, -0.25) is 0 Å². The van der Waals surface area contributed by atoms with Crippen LogP contribution in [0.5, 0.6) is 5.75 Å². The lowest BCUT2D eigenvalue weighted by atomic mass is 10.2. The third-order valence-corrected chi connectivity index (χ3v) is 2.46. The van der Waals surface area contributed by atoms with E-state index in [1.165, 1.54) is 0 Å². The van der Waals surface area contributed by atoms with Crippen molar-refractivity contribution in [2.24, 2.45) is 0 Å². The number of halogens is 4. The molecule has 94 valence electrons. The minimum Gasteiger partial charge on any atom is -0.462 e. The van der Waals surface area contributed by atoms with Gasteiger partial charge in [0.05, 0.1) is 16.7 Å². The summed E-state index contributed by atoms with van der Waals surface area (Å²) >= 11 is 11.3. The van der Waals surface area contributed by atoms with E-state index in [0.29, 0.717) is 0 Å². The van der Waals surface area contributed by atoms with Crippen molar-refractivity contribution in [1.82, 2.24) is 0 Å². The number of hydrogen-bond acceptors (Lipinski definition) is 3. The number of esters is 1. The lowest BCUT2D eigenvalue weighted by Crippen LogP contribution is -2.10. The second kappa shape index (κ2) is 6.02. The number of ether oxygens (including phenoxy) is 2. The highest BCUT2D eigenvalue weighted by atomic mass is 35.5. The lowest BCUT2D eigenvalue weighted by molar-refractivity contribution is -0.0504. The SMILES string of the molecule is CCOC(=O)c1cc(Cl)c(Cl)cc1OC(F)F. The van der Waals surface area contributed by atoms with Gasteiger partial charge < -0.3 is 9.47 Å². The Bertz CT molecular complexity index is 424. The molecule has 0 saturated heterocycles. The molecule has 3 nitrogen and oxygen atoms in total. The number of rotatable bonds is 4.